The standard InChI is InChI=1S/C9H16O3/c1-7(4-5-8(2)10)6-9(11)12-3/h7H,4-6H2,1-3H3. The molecule has 1 unspecified atom stereocenters. The molecule has 3 nitrogen and oxygen atoms in total. The van der Waals surface area contributed by atoms with Gasteiger partial charge in [0.2, 0.25) is 0 Å². The Hall–Kier alpha value is -0.860. The van der Waals surface area contributed by atoms with E-state index in [1.807, 2.05) is 6.92 Å². The van der Waals surface area contributed by atoms with Crippen molar-refractivity contribution in [3.63, 3.8) is 0 Å². The first-order valence-corrected chi connectivity index (χ1v) is 4.12. The van der Waals surface area contributed by atoms with Crippen molar-refractivity contribution in [2.24, 2.45) is 5.92 Å². The lowest BCUT2D eigenvalue weighted by Gasteiger charge is -2.07. The minimum Gasteiger partial charge on any atom is -0.469 e. The van der Waals surface area contributed by atoms with E-state index in [-0.39, 0.29) is 17.7 Å². The van der Waals surface area contributed by atoms with Gasteiger partial charge in [0.25, 0.3) is 0 Å². The third-order valence-electron chi connectivity index (χ3n) is 1.73. The third kappa shape index (κ3) is 5.89. The molecule has 0 spiro atoms. The van der Waals surface area contributed by atoms with Crippen LogP contribution < -0.4 is 0 Å². The molecule has 3 heteroatoms. The van der Waals surface area contributed by atoms with Crippen LogP contribution in [0, 0.1) is 5.92 Å². The zero-order valence-corrected chi connectivity index (χ0v) is 7.92. The lowest BCUT2D eigenvalue weighted by Crippen LogP contribution is -2.08. The summed E-state index contributed by atoms with van der Waals surface area (Å²) in [5.41, 5.74) is 0. The van der Waals surface area contributed by atoms with Crippen molar-refractivity contribution in [1.29, 1.82) is 0 Å². The van der Waals surface area contributed by atoms with E-state index < -0.39 is 0 Å². The van der Waals surface area contributed by atoms with Crippen molar-refractivity contribution in [3.8, 4) is 0 Å². The second-order valence-electron chi connectivity index (χ2n) is 3.13. The minimum absolute atomic E-state index is 0.173. The van der Waals surface area contributed by atoms with E-state index >= 15 is 0 Å². The molecular weight excluding hydrogens is 156 g/mol. The van der Waals surface area contributed by atoms with Gasteiger partial charge in [0.05, 0.1) is 7.11 Å². The van der Waals surface area contributed by atoms with Crippen molar-refractivity contribution in [1.82, 2.24) is 0 Å². The molecule has 0 aliphatic carbocycles. The first kappa shape index (κ1) is 11.1. The number of rotatable bonds is 5. The fourth-order valence-electron chi connectivity index (χ4n) is 0.920. The number of methoxy groups -OCH3 is 1. The first-order valence-electron chi connectivity index (χ1n) is 4.12. The van der Waals surface area contributed by atoms with Gasteiger partial charge in [-0.05, 0) is 19.3 Å². The predicted molar refractivity (Wildman–Crippen MR) is 45.7 cm³/mol. The maximum Gasteiger partial charge on any atom is 0.305 e. The zero-order chi connectivity index (χ0) is 9.56. The van der Waals surface area contributed by atoms with E-state index in [1.54, 1.807) is 6.92 Å². The van der Waals surface area contributed by atoms with Gasteiger partial charge >= 0.3 is 5.97 Å². The van der Waals surface area contributed by atoms with Crippen molar-refractivity contribution < 1.29 is 14.3 Å². The van der Waals surface area contributed by atoms with Crippen molar-refractivity contribution in [2.75, 3.05) is 7.11 Å². The highest BCUT2D eigenvalue weighted by Crippen LogP contribution is 2.10. The summed E-state index contributed by atoms with van der Waals surface area (Å²) in [5, 5.41) is 0. The number of Topliss-reactive ketones (excluding diaryl/α,β-unsaturated/α-hetero) is 1. The quantitative estimate of drug-likeness (QED) is 0.591. The van der Waals surface area contributed by atoms with Crippen LogP contribution in [0.25, 0.3) is 0 Å². The largest absolute Gasteiger partial charge is 0.469 e. The Morgan fingerprint density at radius 2 is 2.00 bits per heavy atom. The monoisotopic (exact) mass is 172 g/mol. The van der Waals surface area contributed by atoms with E-state index in [2.05, 4.69) is 4.74 Å². The van der Waals surface area contributed by atoms with Gasteiger partial charge in [-0.25, -0.2) is 0 Å². The molecule has 0 N–H and O–H groups in total. The number of esters is 1. The Morgan fingerprint density at radius 1 is 1.42 bits per heavy atom. The van der Waals surface area contributed by atoms with E-state index in [0.717, 1.165) is 6.42 Å². The SMILES string of the molecule is COC(=O)CC(C)CCC(C)=O. The van der Waals surface area contributed by atoms with Gasteiger partial charge < -0.3 is 9.53 Å². The van der Waals surface area contributed by atoms with E-state index in [0.29, 0.717) is 12.8 Å². The lowest BCUT2D eigenvalue weighted by atomic mass is 10.0. The van der Waals surface area contributed by atoms with Crippen LogP contribution in [0.1, 0.15) is 33.1 Å². The van der Waals surface area contributed by atoms with Crippen LogP contribution in [0.2, 0.25) is 0 Å². The van der Waals surface area contributed by atoms with Crippen LogP contribution in [0.3, 0.4) is 0 Å². The van der Waals surface area contributed by atoms with Crippen LogP contribution in [0.5, 0.6) is 0 Å². The summed E-state index contributed by atoms with van der Waals surface area (Å²) in [6.45, 7) is 3.50. The maximum atomic E-state index is 10.8. The predicted octanol–water partition coefficient (Wildman–Crippen LogP) is 1.55. The number of hydrogen-bond acceptors (Lipinski definition) is 3. The lowest BCUT2D eigenvalue weighted by molar-refractivity contribution is -0.141. The van der Waals surface area contributed by atoms with E-state index in [9.17, 15) is 9.59 Å². The summed E-state index contributed by atoms with van der Waals surface area (Å²) in [6, 6.07) is 0. The number of ether oxygens (including phenoxy) is 1. The first-order chi connectivity index (χ1) is 5.56. The number of ketones is 1. The molecule has 70 valence electrons. The fraction of sp³-hybridized carbons (Fsp3) is 0.778. The Labute approximate surface area is 73.1 Å². The fourth-order valence-corrected chi connectivity index (χ4v) is 0.920. The van der Waals surface area contributed by atoms with Crippen molar-refractivity contribution in [2.45, 2.75) is 33.1 Å². The number of carbonyl (C=O) groups excluding carboxylic acids is 2. The molecule has 0 aliphatic heterocycles. The molecule has 1 atom stereocenters. The Bertz CT molecular complexity index is 163. The van der Waals surface area contributed by atoms with Crippen LogP contribution in [-0.4, -0.2) is 18.9 Å². The third-order valence-corrected chi connectivity index (χ3v) is 1.73. The zero-order valence-electron chi connectivity index (χ0n) is 7.92. The molecule has 0 rings (SSSR count). The summed E-state index contributed by atoms with van der Waals surface area (Å²) >= 11 is 0. The molecular formula is C9H16O3. The average molecular weight is 172 g/mol. The maximum absolute atomic E-state index is 10.8. The Balaban J connectivity index is 3.52. The van der Waals surface area contributed by atoms with Crippen molar-refractivity contribution in [3.05, 3.63) is 0 Å². The highest BCUT2D eigenvalue weighted by Gasteiger charge is 2.09. The van der Waals surface area contributed by atoms with E-state index in [1.165, 1.54) is 7.11 Å². The Morgan fingerprint density at radius 3 is 2.42 bits per heavy atom. The van der Waals surface area contributed by atoms with Gasteiger partial charge in [-0.2, -0.15) is 0 Å². The Kier molecular flexibility index (Phi) is 5.34. The highest BCUT2D eigenvalue weighted by atomic mass is 16.5. The van der Waals surface area contributed by atoms with Gasteiger partial charge in [-0.15, -0.1) is 0 Å². The molecule has 0 aromatic carbocycles. The second kappa shape index (κ2) is 5.75. The molecule has 0 amide bonds. The topological polar surface area (TPSA) is 43.4 Å². The van der Waals surface area contributed by atoms with Crippen LogP contribution in [0.15, 0.2) is 0 Å². The van der Waals surface area contributed by atoms with Crippen molar-refractivity contribution >= 4 is 11.8 Å². The smallest absolute Gasteiger partial charge is 0.305 e. The summed E-state index contributed by atoms with van der Waals surface area (Å²) in [6.07, 6.45) is 1.73. The van der Waals surface area contributed by atoms with Gasteiger partial charge in [0.15, 0.2) is 0 Å². The van der Waals surface area contributed by atoms with Gasteiger partial charge in [0.1, 0.15) is 5.78 Å². The summed E-state index contributed by atoms with van der Waals surface area (Å²) in [5.74, 6) is 0.208. The molecule has 0 saturated carbocycles. The second-order valence-corrected chi connectivity index (χ2v) is 3.13. The summed E-state index contributed by atoms with van der Waals surface area (Å²) in [4.78, 5) is 21.3. The molecule has 0 aliphatic rings. The normalized spacial score (nSPS) is 12.2. The average Bonchev–Trinajstić information content (AvgIpc) is 2.00. The molecule has 12 heavy (non-hydrogen) atoms. The minimum atomic E-state index is -0.203. The number of carbonyl (C=O) groups is 2. The highest BCUT2D eigenvalue weighted by molar-refractivity contribution is 5.75. The van der Waals surface area contributed by atoms with Crippen LogP contribution in [0.4, 0.5) is 0 Å². The van der Waals surface area contributed by atoms with Crippen LogP contribution in [-0.2, 0) is 14.3 Å². The van der Waals surface area contributed by atoms with E-state index in [4.69, 9.17) is 0 Å². The summed E-state index contributed by atoms with van der Waals surface area (Å²) < 4.78 is 4.50. The molecule has 0 aromatic heterocycles. The molecule has 0 heterocycles. The molecule has 0 bridgehead atoms. The molecule has 0 aromatic rings. The van der Waals surface area contributed by atoms with Gasteiger partial charge in [-0.3, -0.25) is 4.79 Å². The summed E-state index contributed by atoms with van der Waals surface area (Å²) in [7, 11) is 1.38. The molecule has 0 saturated heterocycles. The molecule has 0 radical (unpaired) electrons. The van der Waals surface area contributed by atoms with Gasteiger partial charge in [0, 0.05) is 12.8 Å². The van der Waals surface area contributed by atoms with Gasteiger partial charge in [-0.1, -0.05) is 6.92 Å². The number of hydrogen-bond donors (Lipinski definition) is 0. The van der Waals surface area contributed by atoms with Crippen LogP contribution >= 0.6 is 0 Å². The molecule has 0 fully saturated rings.